The van der Waals surface area contributed by atoms with Crippen LogP contribution in [0.3, 0.4) is 0 Å². The molecule has 8 heteroatoms. The molecule has 7 nitrogen and oxygen atoms in total. The van der Waals surface area contributed by atoms with Crippen molar-refractivity contribution in [2.45, 2.75) is 12.3 Å². The Morgan fingerprint density at radius 3 is 1.94 bits per heavy atom. The van der Waals surface area contributed by atoms with Gasteiger partial charge in [-0.05, 0) is 41.8 Å². The van der Waals surface area contributed by atoms with Crippen LogP contribution in [0.1, 0.15) is 17.0 Å². The molecule has 0 fully saturated rings. The minimum atomic E-state index is -0.698. The lowest BCUT2D eigenvalue weighted by Gasteiger charge is -2.30. The lowest BCUT2D eigenvalue weighted by molar-refractivity contribution is -0.137. The molecule has 2 aromatic rings. The maximum atomic E-state index is 12.8. The molecule has 0 aromatic heterocycles. The zero-order valence-electron chi connectivity index (χ0n) is 19.0. The number of nitrogens with zero attached hydrogens (tertiary/aromatic N) is 1. The molecular formula is C25H26ClNO6. The fourth-order valence-electron chi connectivity index (χ4n) is 3.72. The molecule has 2 aromatic carbocycles. The summed E-state index contributed by atoms with van der Waals surface area (Å²) in [6.45, 7) is 0.529. The number of carbonyl (C=O) groups excluding carboxylic acids is 2. The molecule has 174 valence electrons. The first-order chi connectivity index (χ1) is 15.9. The highest BCUT2D eigenvalue weighted by molar-refractivity contribution is 6.30. The number of carbonyl (C=O) groups is 2. The van der Waals surface area contributed by atoms with Crippen LogP contribution in [0.4, 0.5) is 0 Å². The van der Waals surface area contributed by atoms with Gasteiger partial charge in [-0.1, -0.05) is 29.8 Å². The van der Waals surface area contributed by atoms with Gasteiger partial charge in [-0.25, -0.2) is 9.59 Å². The summed E-state index contributed by atoms with van der Waals surface area (Å²) >= 11 is 5.97. The SMILES string of the molecule is COC(=O)C1=CN(CCc2ccc(Cl)cc2)C=C(C(=O)OC)C1c1ccc(OC)c(OC)c1. The number of hydrogen-bond acceptors (Lipinski definition) is 7. The predicted molar refractivity (Wildman–Crippen MR) is 124 cm³/mol. The van der Waals surface area contributed by atoms with Crippen molar-refractivity contribution in [2.24, 2.45) is 0 Å². The first kappa shape index (κ1) is 24.2. The van der Waals surface area contributed by atoms with Gasteiger partial charge in [-0.2, -0.15) is 0 Å². The highest BCUT2D eigenvalue weighted by Gasteiger charge is 2.35. The number of benzene rings is 2. The van der Waals surface area contributed by atoms with Gasteiger partial charge in [0.2, 0.25) is 0 Å². The van der Waals surface area contributed by atoms with Crippen molar-refractivity contribution < 1.29 is 28.5 Å². The first-order valence-electron chi connectivity index (χ1n) is 10.2. The Labute approximate surface area is 198 Å². The van der Waals surface area contributed by atoms with Crippen LogP contribution in [0.5, 0.6) is 11.5 Å². The number of esters is 2. The monoisotopic (exact) mass is 471 g/mol. The average Bonchev–Trinajstić information content (AvgIpc) is 2.86. The van der Waals surface area contributed by atoms with Crippen molar-refractivity contribution >= 4 is 23.5 Å². The standard InChI is InChI=1S/C25H26ClNO6/c1-30-21-10-7-17(13-22(21)31-2)23-19(24(28)32-3)14-27(15-20(23)25(29)33-4)12-11-16-5-8-18(26)9-6-16/h5-10,13-15,23H,11-12H2,1-4H3. The van der Waals surface area contributed by atoms with Gasteiger partial charge in [0.15, 0.2) is 11.5 Å². The molecule has 0 spiro atoms. The maximum Gasteiger partial charge on any atom is 0.336 e. The van der Waals surface area contributed by atoms with Gasteiger partial charge < -0.3 is 23.8 Å². The maximum absolute atomic E-state index is 12.8. The molecule has 1 aliphatic rings. The molecule has 0 saturated carbocycles. The van der Waals surface area contributed by atoms with E-state index < -0.39 is 17.9 Å². The molecule has 0 atom stereocenters. The fourth-order valence-corrected chi connectivity index (χ4v) is 3.84. The minimum absolute atomic E-state index is 0.309. The fraction of sp³-hybridized carbons (Fsp3) is 0.280. The van der Waals surface area contributed by atoms with Crippen LogP contribution >= 0.6 is 11.6 Å². The number of halogens is 1. The topological polar surface area (TPSA) is 74.3 Å². The van der Waals surface area contributed by atoms with E-state index in [2.05, 4.69) is 0 Å². The van der Waals surface area contributed by atoms with Crippen molar-refractivity contribution in [3.63, 3.8) is 0 Å². The first-order valence-corrected chi connectivity index (χ1v) is 10.6. The highest BCUT2D eigenvalue weighted by atomic mass is 35.5. The third-order valence-corrected chi connectivity index (χ3v) is 5.64. The Morgan fingerprint density at radius 2 is 1.42 bits per heavy atom. The second-order valence-electron chi connectivity index (χ2n) is 7.31. The van der Waals surface area contributed by atoms with E-state index in [1.165, 1.54) is 28.4 Å². The highest BCUT2D eigenvalue weighted by Crippen LogP contribution is 2.40. The Balaban J connectivity index is 2.01. The molecular weight excluding hydrogens is 446 g/mol. The molecule has 0 aliphatic carbocycles. The van der Waals surface area contributed by atoms with Crippen LogP contribution in [-0.2, 0) is 25.5 Å². The van der Waals surface area contributed by atoms with Crippen LogP contribution in [0.2, 0.25) is 5.02 Å². The second kappa shape index (κ2) is 10.9. The molecule has 0 unspecified atom stereocenters. The predicted octanol–water partition coefficient (Wildman–Crippen LogP) is 4.11. The Morgan fingerprint density at radius 1 is 0.848 bits per heavy atom. The van der Waals surface area contributed by atoms with E-state index in [4.69, 9.17) is 30.5 Å². The summed E-state index contributed by atoms with van der Waals surface area (Å²) in [4.78, 5) is 27.3. The normalized spacial score (nSPS) is 13.7. The number of ether oxygens (including phenoxy) is 4. The van der Waals surface area contributed by atoms with Gasteiger partial charge in [0, 0.05) is 24.0 Å². The van der Waals surface area contributed by atoms with E-state index in [0.717, 1.165) is 5.56 Å². The summed E-state index contributed by atoms with van der Waals surface area (Å²) in [5, 5.41) is 0.662. The number of methoxy groups -OCH3 is 4. The number of hydrogen-bond donors (Lipinski definition) is 0. The quantitative estimate of drug-likeness (QED) is 0.536. The van der Waals surface area contributed by atoms with Crippen molar-refractivity contribution in [3.05, 3.63) is 82.2 Å². The van der Waals surface area contributed by atoms with Crippen LogP contribution in [0.15, 0.2) is 66.0 Å². The van der Waals surface area contributed by atoms with Gasteiger partial charge >= 0.3 is 11.9 Å². The molecule has 0 radical (unpaired) electrons. The zero-order chi connectivity index (χ0) is 24.0. The smallest absolute Gasteiger partial charge is 0.336 e. The second-order valence-corrected chi connectivity index (χ2v) is 7.75. The van der Waals surface area contributed by atoms with Crippen molar-refractivity contribution in [2.75, 3.05) is 35.0 Å². The largest absolute Gasteiger partial charge is 0.493 e. The Kier molecular flexibility index (Phi) is 8.01. The van der Waals surface area contributed by atoms with Crippen LogP contribution in [0, 0.1) is 0 Å². The van der Waals surface area contributed by atoms with E-state index in [0.29, 0.717) is 46.2 Å². The number of rotatable bonds is 8. The summed E-state index contributed by atoms with van der Waals surface area (Å²) in [6, 6.07) is 12.8. The molecule has 3 rings (SSSR count). The third kappa shape index (κ3) is 5.49. The van der Waals surface area contributed by atoms with E-state index in [1.54, 1.807) is 35.5 Å². The zero-order valence-corrected chi connectivity index (χ0v) is 19.7. The van der Waals surface area contributed by atoms with Crippen LogP contribution in [-0.4, -0.2) is 51.8 Å². The van der Waals surface area contributed by atoms with Gasteiger partial charge in [0.25, 0.3) is 0 Å². The van der Waals surface area contributed by atoms with Crippen molar-refractivity contribution in [3.8, 4) is 11.5 Å². The molecule has 0 N–H and O–H groups in total. The lowest BCUT2D eigenvalue weighted by Crippen LogP contribution is -2.29. The van der Waals surface area contributed by atoms with Gasteiger partial charge in [0.05, 0.1) is 45.5 Å². The lowest BCUT2D eigenvalue weighted by atomic mass is 9.83. The molecule has 0 saturated heterocycles. The van der Waals surface area contributed by atoms with Gasteiger partial charge in [-0.3, -0.25) is 0 Å². The van der Waals surface area contributed by atoms with Crippen LogP contribution < -0.4 is 9.47 Å². The Hall–Kier alpha value is -3.45. The van der Waals surface area contributed by atoms with Crippen molar-refractivity contribution in [1.29, 1.82) is 0 Å². The summed E-state index contributed by atoms with van der Waals surface area (Å²) in [7, 11) is 5.68. The van der Waals surface area contributed by atoms with Gasteiger partial charge in [0.1, 0.15) is 0 Å². The Bertz CT molecular complexity index is 1040. The average molecular weight is 472 g/mol. The summed E-state index contributed by atoms with van der Waals surface area (Å²) in [5.74, 6) is -0.763. The minimum Gasteiger partial charge on any atom is -0.493 e. The van der Waals surface area contributed by atoms with Crippen molar-refractivity contribution in [1.82, 2.24) is 4.90 Å². The molecule has 33 heavy (non-hydrogen) atoms. The molecule has 1 heterocycles. The summed E-state index contributed by atoms with van der Waals surface area (Å²) < 4.78 is 20.8. The van der Waals surface area contributed by atoms with Crippen LogP contribution in [0.25, 0.3) is 0 Å². The summed E-state index contributed by atoms with van der Waals surface area (Å²) in [5.41, 5.74) is 2.35. The summed E-state index contributed by atoms with van der Waals surface area (Å²) in [6.07, 6.45) is 4.08. The van der Waals surface area contributed by atoms with E-state index in [-0.39, 0.29) is 0 Å². The molecule has 0 amide bonds. The van der Waals surface area contributed by atoms with Gasteiger partial charge in [-0.15, -0.1) is 0 Å². The third-order valence-electron chi connectivity index (χ3n) is 5.39. The van der Waals surface area contributed by atoms with E-state index in [9.17, 15) is 9.59 Å². The molecule has 1 aliphatic heterocycles. The van der Waals surface area contributed by atoms with E-state index >= 15 is 0 Å². The molecule has 0 bridgehead atoms. The van der Waals surface area contributed by atoms with E-state index in [1.807, 2.05) is 24.3 Å².